The van der Waals surface area contributed by atoms with Gasteiger partial charge in [-0.2, -0.15) is 0 Å². The van der Waals surface area contributed by atoms with E-state index in [4.69, 9.17) is 25.8 Å². The number of ether oxygens (including phenoxy) is 3. The van der Waals surface area contributed by atoms with E-state index < -0.39 is 15.3 Å². The first-order chi connectivity index (χ1) is 23.6. The van der Waals surface area contributed by atoms with Gasteiger partial charge in [0.15, 0.2) is 0 Å². The zero-order chi connectivity index (χ0) is 34.0. The summed E-state index contributed by atoms with van der Waals surface area (Å²) in [6, 6.07) is 12.3. The van der Waals surface area contributed by atoms with Crippen molar-refractivity contribution in [2.24, 2.45) is 17.8 Å². The first kappa shape index (κ1) is 33.6. The number of nitrogens with one attached hydrogen (secondary N) is 1. The number of amides is 1. The molecule has 0 radical (unpaired) electrons. The van der Waals surface area contributed by atoms with E-state index in [9.17, 15) is 9.00 Å². The largest absolute Gasteiger partial charge is 0.490 e. The molecule has 8 atom stereocenters. The SMILES string of the molecule is C=S1(=O)NC(=O)c2ccc3c(c2)N(C[C@@H]2CC[C@H]2[C@@]2(/C=C/C[C@H](C)[C@H]1C)CN1CCOC[C@H]1CO2)C[C@@]1(CCCc2cc(Cl)ccc21)CO3. The zero-order valence-corrected chi connectivity index (χ0v) is 30.4. The summed E-state index contributed by atoms with van der Waals surface area (Å²) in [5.74, 6) is 5.27. The minimum Gasteiger partial charge on any atom is -0.490 e. The molecule has 10 heteroatoms. The van der Waals surface area contributed by atoms with Crippen molar-refractivity contribution < 1.29 is 23.2 Å². The highest BCUT2D eigenvalue weighted by Gasteiger charge is 2.52. The van der Waals surface area contributed by atoms with Crippen LogP contribution in [0.3, 0.4) is 0 Å². The number of nitrogens with zero attached hydrogens (tertiary/aromatic N) is 2. The molecule has 264 valence electrons. The number of rotatable bonds is 0. The molecule has 0 aromatic heterocycles. The quantitative estimate of drug-likeness (QED) is 0.280. The van der Waals surface area contributed by atoms with Crippen LogP contribution in [0.4, 0.5) is 5.69 Å². The second-order valence-electron chi connectivity index (χ2n) is 15.7. The Labute approximate surface area is 296 Å². The molecule has 1 amide bonds. The standard InChI is InChI=1S/C39H50ClN3O5S/c1-26-6-4-15-39(24-42-16-17-46-21-32(42)22-48-39)34-11-8-30(34)20-43-23-38(14-5-7-28-18-31(40)10-12-33(28)38)25-47-36-13-9-29(19-35(36)43)37(44)41-49(3,45)27(26)2/h4,9-10,12-13,15,18-19,26-27,30,32,34H,3,5-8,11,14,16-17,20-25H2,1-2H3,(H,41,44,45)/b15-4+/t26-,27+,30-,32-,34+,38-,39+,49?/m0/s1. The van der Waals surface area contributed by atoms with Crippen molar-refractivity contribution >= 4 is 38.8 Å². The van der Waals surface area contributed by atoms with Crippen LogP contribution in [0.15, 0.2) is 48.6 Å². The van der Waals surface area contributed by atoms with E-state index in [1.165, 1.54) is 11.1 Å². The van der Waals surface area contributed by atoms with Crippen molar-refractivity contribution in [2.45, 2.75) is 74.7 Å². The summed E-state index contributed by atoms with van der Waals surface area (Å²) in [4.78, 5) is 18.8. The molecule has 49 heavy (non-hydrogen) atoms. The Hall–Kier alpha value is -2.56. The smallest absolute Gasteiger partial charge is 0.262 e. The van der Waals surface area contributed by atoms with Crippen molar-refractivity contribution in [1.29, 1.82) is 0 Å². The number of aryl methyl sites for hydroxylation is 1. The fourth-order valence-corrected chi connectivity index (χ4v) is 11.1. The van der Waals surface area contributed by atoms with Gasteiger partial charge in [-0.25, -0.2) is 4.21 Å². The minimum atomic E-state index is -2.94. The van der Waals surface area contributed by atoms with Crippen molar-refractivity contribution in [2.75, 3.05) is 57.5 Å². The third kappa shape index (κ3) is 6.11. The lowest BCUT2D eigenvalue weighted by Crippen LogP contribution is -2.65. The summed E-state index contributed by atoms with van der Waals surface area (Å²) in [6.07, 6.45) is 10.6. The number of benzene rings is 2. The lowest BCUT2D eigenvalue weighted by Gasteiger charge is -2.56. The van der Waals surface area contributed by atoms with E-state index in [0.717, 1.165) is 87.8 Å². The highest BCUT2D eigenvalue weighted by atomic mass is 35.5. The number of allylic oxidation sites excluding steroid dienone is 1. The van der Waals surface area contributed by atoms with Crippen molar-refractivity contribution in [3.05, 3.63) is 70.3 Å². The Morgan fingerprint density at radius 2 is 1.98 bits per heavy atom. The lowest BCUT2D eigenvalue weighted by molar-refractivity contribution is -0.186. The molecule has 8 nitrogen and oxygen atoms in total. The van der Waals surface area contributed by atoms with Gasteiger partial charge in [0.2, 0.25) is 0 Å². The van der Waals surface area contributed by atoms with Gasteiger partial charge in [0.05, 0.1) is 47.9 Å². The Morgan fingerprint density at radius 1 is 1.10 bits per heavy atom. The molecule has 8 rings (SSSR count). The summed E-state index contributed by atoms with van der Waals surface area (Å²) >= 11 is 6.50. The van der Waals surface area contributed by atoms with Crippen LogP contribution in [0, 0.1) is 17.8 Å². The fourth-order valence-electron chi connectivity index (χ4n) is 9.44. The average Bonchev–Trinajstić information content (AvgIpc) is 3.22. The Balaban J connectivity index is 1.21. The first-order valence-electron chi connectivity index (χ1n) is 18.2. The summed E-state index contributed by atoms with van der Waals surface area (Å²) in [5.41, 5.74) is 3.39. The Kier molecular flexibility index (Phi) is 8.83. The van der Waals surface area contributed by atoms with Crippen LogP contribution < -0.4 is 14.4 Å². The molecule has 1 N–H and O–H groups in total. The Morgan fingerprint density at radius 3 is 2.82 bits per heavy atom. The maximum Gasteiger partial charge on any atom is 0.262 e. The maximum atomic E-state index is 14.0. The lowest BCUT2D eigenvalue weighted by atomic mass is 9.63. The van der Waals surface area contributed by atoms with Crippen LogP contribution >= 0.6 is 11.6 Å². The molecule has 3 fully saturated rings. The van der Waals surface area contributed by atoms with Crippen LogP contribution in [0.2, 0.25) is 5.02 Å². The van der Waals surface area contributed by atoms with Gasteiger partial charge in [0.1, 0.15) is 11.4 Å². The summed E-state index contributed by atoms with van der Waals surface area (Å²) in [7, 11) is -2.94. The number of morpholine rings is 2. The van der Waals surface area contributed by atoms with E-state index in [-0.39, 0.29) is 28.5 Å². The molecule has 2 aromatic carbocycles. The topological polar surface area (TPSA) is 80.3 Å². The number of anilines is 1. The van der Waals surface area contributed by atoms with Crippen molar-refractivity contribution in [1.82, 2.24) is 9.62 Å². The van der Waals surface area contributed by atoms with Crippen molar-refractivity contribution in [3.8, 4) is 5.75 Å². The van der Waals surface area contributed by atoms with E-state index in [0.29, 0.717) is 37.2 Å². The van der Waals surface area contributed by atoms with Gasteiger partial charge in [-0.3, -0.25) is 14.4 Å². The molecule has 1 saturated carbocycles. The van der Waals surface area contributed by atoms with Crippen molar-refractivity contribution in [3.63, 3.8) is 0 Å². The molecule has 2 aliphatic carbocycles. The van der Waals surface area contributed by atoms with E-state index in [1.54, 1.807) is 6.07 Å². The zero-order valence-electron chi connectivity index (χ0n) is 28.8. The molecule has 6 aliphatic rings. The molecule has 2 bridgehead atoms. The number of hydrogen-bond acceptors (Lipinski definition) is 7. The Bertz CT molecular complexity index is 1750. The molecule has 2 spiro atoms. The predicted octanol–water partition coefficient (Wildman–Crippen LogP) is 5.65. The number of carbonyl (C=O) groups excluding carboxylic acids is 1. The van der Waals surface area contributed by atoms with Crippen LogP contribution in [0.1, 0.15) is 67.4 Å². The van der Waals surface area contributed by atoms with Gasteiger partial charge in [0, 0.05) is 47.4 Å². The summed E-state index contributed by atoms with van der Waals surface area (Å²) in [5, 5.41) is 0.448. The van der Waals surface area contributed by atoms with Crippen LogP contribution in [0.25, 0.3) is 0 Å². The molecule has 4 heterocycles. The monoisotopic (exact) mass is 707 g/mol. The molecule has 2 saturated heterocycles. The number of halogens is 1. The van der Waals surface area contributed by atoms with Crippen LogP contribution in [-0.2, 0) is 31.0 Å². The third-order valence-corrected chi connectivity index (χ3v) is 15.2. The normalized spacial score (nSPS) is 38.6. The highest BCUT2D eigenvalue weighted by Crippen LogP contribution is 2.50. The number of hydrogen-bond donors (Lipinski definition) is 1. The molecule has 4 aliphatic heterocycles. The average molecular weight is 708 g/mol. The number of carbonyl (C=O) groups is 1. The van der Waals surface area contributed by atoms with Crippen LogP contribution in [0.5, 0.6) is 5.75 Å². The van der Waals surface area contributed by atoms with Gasteiger partial charge >= 0.3 is 0 Å². The third-order valence-electron chi connectivity index (χ3n) is 12.7. The summed E-state index contributed by atoms with van der Waals surface area (Å²) in [6.45, 7) is 10.1. The van der Waals surface area contributed by atoms with Gasteiger partial charge in [-0.05, 0) is 111 Å². The predicted molar refractivity (Wildman–Crippen MR) is 196 cm³/mol. The molecular weight excluding hydrogens is 658 g/mol. The molecule has 2 aromatic rings. The second-order valence-corrected chi connectivity index (χ2v) is 18.5. The van der Waals surface area contributed by atoms with E-state index in [1.807, 2.05) is 25.1 Å². The van der Waals surface area contributed by atoms with Gasteiger partial charge in [-0.15, -0.1) is 0 Å². The minimum absolute atomic E-state index is 0.0452. The van der Waals surface area contributed by atoms with Gasteiger partial charge in [-0.1, -0.05) is 36.7 Å². The van der Waals surface area contributed by atoms with Gasteiger partial charge in [0.25, 0.3) is 5.91 Å². The van der Waals surface area contributed by atoms with Crippen LogP contribution in [-0.4, -0.2) is 90.4 Å². The summed E-state index contributed by atoms with van der Waals surface area (Å²) < 4.78 is 36.3. The van der Waals surface area contributed by atoms with E-state index >= 15 is 0 Å². The first-order valence-corrected chi connectivity index (χ1v) is 20.3. The number of fused-ring (bicyclic) bond motifs is 6. The molecular formula is C39H50ClN3O5S. The highest BCUT2D eigenvalue weighted by molar-refractivity contribution is 7.99. The van der Waals surface area contributed by atoms with E-state index in [2.05, 4.69) is 51.6 Å². The fraction of sp³-hybridized carbons (Fsp3) is 0.590. The maximum absolute atomic E-state index is 14.0. The second kappa shape index (κ2) is 12.9. The molecule has 1 unspecified atom stereocenters. The van der Waals surface area contributed by atoms with Gasteiger partial charge < -0.3 is 19.1 Å².